The predicted molar refractivity (Wildman–Crippen MR) is 88.8 cm³/mol. The summed E-state index contributed by atoms with van der Waals surface area (Å²) in [5.41, 5.74) is 8.71. The number of benzene rings is 1. The third-order valence-electron chi connectivity index (χ3n) is 4.41. The van der Waals surface area contributed by atoms with Gasteiger partial charge in [-0.25, -0.2) is 0 Å². The lowest BCUT2D eigenvalue weighted by Crippen LogP contribution is -2.32. The van der Waals surface area contributed by atoms with Gasteiger partial charge in [-0.15, -0.1) is 0 Å². The number of nitrogens with zero attached hydrogens (tertiary/aromatic N) is 3. The average Bonchev–Trinajstić information content (AvgIpc) is 2.93. The van der Waals surface area contributed by atoms with Crippen molar-refractivity contribution in [3.63, 3.8) is 0 Å². The maximum Gasteiger partial charge on any atom is 0.128 e. The van der Waals surface area contributed by atoms with E-state index in [1.165, 1.54) is 12.8 Å². The number of nitrogens with two attached hydrogens (primary N) is 1. The van der Waals surface area contributed by atoms with E-state index in [4.69, 9.17) is 10.5 Å². The molecule has 0 spiro atoms. The minimum Gasteiger partial charge on any atom is -0.493 e. The van der Waals surface area contributed by atoms with Gasteiger partial charge in [-0.05, 0) is 63.2 Å². The Bertz CT molecular complexity index is 629. The Hall–Kier alpha value is -2.01. The molecule has 5 heteroatoms. The van der Waals surface area contributed by atoms with Crippen LogP contribution in [0.25, 0.3) is 11.3 Å². The fourth-order valence-electron chi connectivity index (χ4n) is 2.95. The van der Waals surface area contributed by atoms with E-state index in [9.17, 15) is 0 Å². The zero-order valence-electron chi connectivity index (χ0n) is 13.3. The lowest BCUT2D eigenvalue weighted by atomic mass is 9.98. The van der Waals surface area contributed by atoms with Crippen molar-refractivity contribution in [1.82, 2.24) is 14.7 Å². The molecule has 1 saturated heterocycles. The van der Waals surface area contributed by atoms with Gasteiger partial charge < -0.3 is 15.4 Å². The van der Waals surface area contributed by atoms with Crippen molar-refractivity contribution in [2.45, 2.75) is 12.8 Å². The summed E-state index contributed by atoms with van der Waals surface area (Å²) in [5.74, 6) is 1.52. The number of nitrogen functional groups attached to an aromatic ring is 1. The minimum absolute atomic E-state index is 0.633. The van der Waals surface area contributed by atoms with Gasteiger partial charge in [0.15, 0.2) is 0 Å². The summed E-state index contributed by atoms with van der Waals surface area (Å²) in [6.07, 6.45) is 4.19. The molecule has 1 aliphatic heterocycles. The second-order valence-electron chi connectivity index (χ2n) is 6.15. The van der Waals surface area contributed by atoms with Crippen LogP contribution in [0, 0.1) is 5.92 Å². The van der Waals surface area contributed by atoms with Crippen LogP contribution in [-0.2, 0) is 7.05 Å². The Morgan fingerprint density at radius 2 is 2.00 bits per heavy atom. The molecule has 0 bridgehead atoms. The van der Waals surface area contributed by atoms with Gasteiger partial charge in [0.05, 0.1) is 12.3 Å². The molecule has 118 valence electrons. The van der Waals surface area contributed by atoms with Crippen molar-refractivity contribution >= 4 is 5.69 Å². The molecule has 22 heavy (non-hydrogen) atoms. The van der Waals surface area contributed by atoms with Crippen LogP contribution in [0.4, 0.5) is 5.69 Å². The quantitative estimate of drug-likeness (QED) is 0.881. The number of ether oxygens (including phenoxy) is 1. The number of aryl methyl sites for hydroxylation is 1. The Labute approximate surface area is 131 Å². The van der Waals surface area contributed by atoms with E-state index in [0.717, 1.165) is 42.4 Å². The van der Waals surface area contributed by atoms with Crippen LogP contribution in [0.1, 0.15) is 12.8 Å². The van der Waals surface area contributed by atoms with Crippen LogP contribution >= 0.6 is 0 Å². The third kappa shape index (κ3) is 3.25. The molecule has 0 aliphatic carbocycles. The first-order valence-electron chi connectivity index (χ1n) is 7.82. The van der Waals surface area contributed by atoms with Crippen molar-refractivity contribution in [3.05, 3.63) is 30.5 Å². The Kier molecular flexibility index (Phi) is 4.34. The summed E-state index contributed by atoms with van der Waals surface area (Å²) in [7, 11) is 4.11. The van der Waals surface area contributed by atoms with Gasteiger partial charge in [-0.1, -0.05) is 0 Å². The standard InChI is InChI=1S/C17H24N4O/c1-20-9-6-13(7-10-20)12-22-17-4-3-14(18)11-15(17)16-5-8-19-21(16)2/h3-5,8,11,13H,6-7,9-10,12,18H2,1-2H3. The van der Waals surface area contributed by atoms with E-state index in [-0.39, 0.29) is 0 Å². The van der Waals surface area contributed by atoms with Crippen molar-refractivity contribution in [2.24, 2.45) is 13.0 Å². The second-order valence-corrected chi connectivity index (χ2v) is 6.15. The van der Waals surface area contributed by atoms with Crippen LogP contribution in [-0.4, -0.2) is 41.4 Å². The number of anilines is 1. The van der Waals surface area contributed by atoms with Crippen LogP contribution in [0.3, 0.4) is 0 Å². The Morgan fingerprint density at radius 3 is 2.68 bits per heavy atom. The first kappa shape index (κ1) is 14.9. The molecule has 1 aromatic heterocycles. The SMILES string of the molecule is CN1CCC(COc2ccc(N)cc2-c2ccnn2C)CC1. The first-order chi connectivity index (χ1) is 10.6. The molecule has 1 aromatic carbocycles. The molecule has 1 fully saturated rings. The average molecular weight is 300 g/mol. The highest BCUT2D eigenvalue weighted by molar-refractivity contribution is 5.71. The molecule has 2 N–H and O–H groups in total. The highest BCUT2D eigenvalue weighted by Crippen LogP contribution is 2.32. The summed E-state index contributed by atoms with van der Waals surface area (Å²) in [4.78, 5) is 2.38. The Morgan fingerprint density at radius 1 is 1.23 bits per heavy atom. The summed E-state index contributed by atoms with van der Waals surface area (Å²) >= 11 is 0. The molecule has 3 rings (SSSR count). The summed E-state index contributed by atoms with van der Waals surface area (Å²) in [6.45, 7) is 3.08. The zero-order valence-corrected chi connectivity index (χ0v) is 13.3. The number of aromatic nitrogens is 2. The second kappa shape index (κ2) is 6.40. The van der Waals surface area contributed by atoms with Crippen LogP contribution < -0.4 is 10.5 Å². The maximum atomic E-state index is 6.13. The van der Waals surface area contributed by atoms with Gasteiger partial charge >= 0.3 is 0 Å². The van der Waals surface area contributed by atoms with Gasteiger partial charge in [0.25, 0.3) is 0 Å². The topological polar surface area (TPSA) is 56.3 Å². The molecule has 2 aromatic rings. The fraction of sp³-hybridized carbons (Fsp3) is 0.471. The van der Waals surface area contributed by atoms with Crippen LogP contribution in [0.15, 0.2) is 30.5 Å². The molecule has 5 nitrogen and oxygen atoms in total. The van der Waals surface area contributed by atoms with Crippen LogP contribution in [0.2, 0.25) is 0 Å². The maximum absolute atomic E-state index is 6.13. The van der Waals surface area contributed by atoms with E-state index in [1.54, 1.807) is 6.20 Å². The van der Waals surface area contributed by atoms with Gasteiger partial charge in [0.1, 0.15) is 5.75 Å². The van der Waals surface area contributed by atoms with Crippen molar-refractivity contribution < 1.29 is 4.74 Å². The van der Waals surface area contributed by atoms with Crippen molar-refractivity contribution in [2.75, 3.05) is 32.5 Å². The highest BCUT2D eigenvalue weighted by Gasteiger charge is 2.18. The number of rotatable bonds is 4. The minimum atomic E-state index is 0.633. The fourth-order valence-corrected chi connectivity index (χ4v) is 2.95. The van der Waals surface area contributed by atoms with E-state index < -0.39 is 0 Å². The molecule has 0 amide bonds. The number of likely N-dealkylation sites (tertiary alicyclic amines) is 1. The summed E-state index contributed by atoms with van der Waals surface area (Å²) < 4.78 is 7.97. The number of hydrogen-bond acceptors (Lipinski definition) is 4. The van der Waals surface area contributed by atoms with Gasteiger partial charge in [0.2, 0.25) is 0 Å². The molecule has 0 unspecified atom stereocenters. The molecule has 0 saturated carbocycles. The number of piperidine rings is 1. The van der Waals surface area contributed by atoms with E-state index in [1.807, 2.05) is 36.0 Å². The predicted octanol–water partition coefficient (Wildman–Crippen LogP) is 2.39. The zero-order chi connectivity index (χ0) is 15.5. The highest BCUT2D eigenvalue weighted by atomic mass is 16.5. The molecule has 0 radical (unpaired) electrons. The summed E-state index contributed by atoms with van der Waals surface area (Å²) in [5, 5.41) is 4.24. The van der Waals surface area contributed by atoms with Gasteiger partial charge in [-0.2, -0.15) is 5.10 Å². The first-order valence-corrected chi connectivity index (χ1v) is 7.82. The molecular weight excluding hydrogens is 276 g/mol. The van der Waals surface area contributed by atoms with Gasteiger partial charge in [-0.3, -0.25) is 4.68 Å². The van der Waals surface area contributed by atoms with E-state index in [0.29, 0.717) is 5.92 Å². The lowest BCUT2D eigenvalue weighted by molar-refractivity contribution is 0.160. The monoisotopic (exact) mass is 300 g/mol. The van der Waals surface area contributed by atoms with E-state index >= 15 is 0 Å². The van der Waals surface area contributed by atoms with Crippen LogP contribution in [0.5, 0.6) is 5.75 Å². The molecule has 0 atom stereocenters. The van der Waals surface area contributed by atoms with Crippen molar-refractivity contribution in [1.29, 1.82) is 0 Å². The van der Waals surface area contributed by atoms with E-state index in [2.05, 4.69) is 17.0 Å². The van der Waals surface area contributed by atoms with Gasteiger partial charge in [0, 0.05) is 24.5 Å². The lowest BCUT2D eigenvalue weighted by Gasteiger charge is -2.29. The van der Waals surface area contributed by atoms with Crippen molar-refractivity contribution in [3.8, 4) is 17.0 Å². The smallest absolute Gasteiger partial charge is 0.128 e. The normalized spacial score (nSPS) is 16.8. The largest absolute Gasteiger partial charge is 0.493 e. The third-order valence-corrected chi connectivity index (χ3v) is 4.41. The molecule has 1 aliphatic rings. The Balaban J connectivity index is 1.75. The number of hydrogen-bond donors (Lipinski definition) is 1. The summed E-state index contributed by atoms with van der Waals surface area (Å²) in [6, 6.07) is 7.80. The molecular formula is C17H24N4O. The molecule has 2 heterocycles.